The van der Waals surface area contributed by atoms with Gasteiger partial charge in [-0.1, -0.05) is 6.92 Å². The normalized spacial score (nSPS) is 12.4. The molecule has 0 radical (unpaired) electrons. The summed E-state index contributed by atoms with van der Waals surface area (Å²) in [6, 6.07) is 0. The Morgan fingerprint density at radius 3 is 2.82 bits per heavy atom. The van der Waals surface area contributed by atoms with Gasteiger partial charge in [0.05, 0.1) is 11.0 Å². The second kappa shape index (κ2) is 7.26. The smallest absolute Gasteiger partial charge is 0.230 e. The van der Waals surface area contributed by atoms with E-state index in [1.807, 2.05) is 13.8 Å². The molecule has 0 aliphatic carbocycles. The van der Waals surface area contributed by atoms with Gasteiger partial charge in [-0.2, -0.15) is 0 Å². The van der Waals surface area contributed by atoms with Gasteiger partial charge < -0.3 is 5.32 Å². The van der Waals surface area contributed by atoms with Crippen LogP contribution in [0.1, 0.15) is 38.3 Å². The molecule has 0 saturated heterocycles. The number of tetrazole rings is 1. The molecule has 1 amide bonds. The number of carbonyl (C=O) groups excluding carboxylic acids is 1. The molecule has 0 saturated carbocycles. The van der Waals surface area contributed by atoms with Gasteiger partial charge >= 0.3 is 0 Å². The molecule has 7 heteroatoms. The van der Waals surface area contributed by atoms with Crippen LogP contribution in [0.2, 0.25) is 0 Å². The number of amides is 1. The minimum Gasteiger partial charge on any atom is -0.356 e. The second-order valence-electron chi connectivity index (χ2n) is 3.51. The van der Waals surface area contributed by atoms with Crippen LogP contribution in [-0.4, -0.2) is 38.4 Å². The lowest BCUT2D eigenvalue weighted by Crippen LogP contribution is -2.25. The molecule has 96 valence electrons. The maximum atomic E-state index is 11.4. The average Bonchev–Trinajstić information content (AvgIpc) is 2.78. The van der Waals surface area contributed by atoms with Gasteiger partial charge in [0.15, 0.2) is 5.82 Å². The van der Waals surface area contributed by atoms with Crippen LogP contribution in [0.25, 0.3) is 0 Å². The van der Waals surface area contributed by atoms with Crippen LogP contribution in [-0.2, 0) is 11.3 Å². The summed E-state index contributed by atoms with van der Waals surface area (Å²) in [6.07, 6.45) is 0.907. The van der Waals surface area contributed by atoms with E-state index in [0.29, 0.717) is 12.3 Å². The van der Waals surface area contributed by atoms with E-state index < -0.39 is 0 Å². The van der Waals surface area contributed by atoms with Gasteiger partial charge in [-0.25, -0.2) is 4.68 Å². The first-order chi connectivity index (χ1) is 8.22. The first kappa shape index (κ1) is 14.0. The van der Waals surface area contributed by atoms with Gasteiger partial charge in [-0.3, -0.25) is 4.79 Å². The molecule has 6 nitrogen and oxygen atoms in total. The van der Waals surface area contributed by atoms with Crippen molar-refractivity contribution >= 4 is 17.7 Å². The zero-order valence-electron chi connectivity index (χ0n) is 10.5. The van der Waals surface area contributed by atoms with E-state index in [4.69, 9.17) is 0 Å². The molecule has 0 fully saturated rings. The molecule has 1 aromatic heterocycles. The lowest BCUT2D eigenvalue weighted by atomic mass is 10.3. The predicted octanol–water partition coefficient (Wildman–Crippen LogP) is 1.01. The summed E-state index contributed by atoms with van der Waals surface area (Å²) in [6.45, 7) is 7.41. The average molecular weight is 257 g/mol. The van der Waals surface area contributed by atoms with Gasteiger partial charge in [0, 0.05) is 13.1 Å². The van der Waals surface area contributed by atoms with Crippen molar-refractivity contribution < 1.29 is 4.79 Å². The highest BCUT2D eigenvalue weighted by Crippen LogP contribution is 2.29. The Hall–Kier alpha value is -1.11. The third-order valence-electron chi connectivity index (χ3n) is 2.31. The van der Waals surface area contributed by atoms with Crippen LogP contribution >= 0.6 is 11.8 Å². The number of hydrogen-bond acceptors (Lipinski definition) is 5. The third-order valence-corrected chi connectivity index (χ3v) is 3.68. The van der Waals surface area contributed by atoms with E-state index in [2.05, 4.69) is 27.8 Å². The van der Waals surface area contributed by atoms with Crippen LogP contribution in [0, 0.1) is 0 Å². The van der Waals surface area contributed by atoms with Crippen LogP contribution in [0.3, 0.4) is 0 Å². The number of aromatic nitrogens is 4. The number of rotatable bonds is 7. The van der Waals surface area contributed by atoms with Crippen molar-refractivity contribution in [2.45, 2.75) is 39.0 Å². The van der Waals surface area contributed by atoms with E-state index in [-0.39, 0.29) is 11.2 Å². The summed E-state index contributed by atoms with van der Waals surface area (Å²) >= 11 is 1.58. The van der Waals surface area contributed by atoms with Gasteiger partial charge in [-0.15, -0.1) is 16.9 Å². The highest BCUT2D eigenvalue weighted by atomic mass is 32.2. The lowest BCUT2D eigenvalue weighted by Gasteiger charge is -2.13. The molecule has 0 aliphatic rings. The molecular weight excluding hydrogens is 238 g/mol. The summed E-state index contributed by atoms with van der Waals surface area (Å²) < 4.78 is 1.78. The van der Waals surface area contributed by atoms with Gasteiger partial charge in [0.25, 0.3) is 0 Å². The minimum atomic E-state index is 0.0615. The van der Waals surface area contributed by atoms with Gasteiger partial charge in [0.1, 0.15) is 0 Å². The van der Waals surface area contributed by atoms with Gasteiger partial charge in [0.2, 0.25) is 5.91 Å². The molecule has 1 aromatic rings. The van der Waals surface area contributed by atoms with Crippen molar-refractivity contribution in [2.24, 2.45) is 0 Å². The Balaban J connectivity index is 2.57. The molecule has 0 aromatic carbocycles. The fourth-order valence-corrected chi connectivity index (χ4v) is 2.48. The number of nitrogens with zero attached hydrogens (tertiary/aromatic N) is 4. The highest BCUT2D eigenvalue weighted by molar-refractivity contribution is 8.00. The fourth-order valence-electron chi connectivity index (χ4n) is 1.47. The SMILES string of the molecule is CCNC(=O)CSC(CC)c1nnnn1CC. The Bertz CT molecular complexity index is 354. The van der Waals surface area contributed by atoms with Crippen LogP contribution in [0.5, 0.6) is 0 Å². The molecular formula is C10H19N5OS. The molecule has 1 unspecified atom stereocenters. The van der Waals surface area contributed by atoms with Crippen LogP contribution in [0.4, 0.5) is 0 Å². The van der Waals surface area contributed by atoms with E-state index in [9.17, 15) is 4.79 Å². The van der Waals surface area contributed by atoms with E-state index in [1.54, 1.807) is 16.4 Å². The largest absolute Gasteiger partial charge is 0.356 e. The maximum absolute atomic E-state index is 11.4. The standard InChI is InChI=1S/C10H19N5OS/c1-4-8(17-7-9(16)11-5-2)10-12-13-14-15(10)6-3/h8H,4-7H2,1-3H3,(H,11,16). The van der Waals surface area contributed by atoms with Gasteiger partial charge in [-0.05, 0) is 30.7 Å². The van der Waals surface area contributed by atoms with Crippen molar-refractivity contribution in [1.82, 2.24) is 25.5 Å². The Morgan fingerprint density at radius 1 is 1.47 bits per heavy atom. The zero-order chi connectivity index (χ0) is 12.7. The number of thioether (sulfide) groups is 1. The fraction of sp³-hybridized carbons (Fsp3) is 0.800. The van der Waals surface area contributed by atoms with Crippen molar-refractivity contribution in [3.8, 4) is 0 Å². The van der Waals surface area contributed by atoms with Crippen molar-refractivity contribution in [1.29, 1.82) is 0 Å². The Morgan fingerprint density at radius 2 is 2.24 bits per heavy atom. The van der Waals surface area contributed by atoms with E-state index in [0.717, 1.165) is 18.8 Å². The summed E-state index contributed by atoms with van der Waals surface area (Å²) in [5, 5.41) is 14.6. The van der Waals surface area contributed by atoms with Crippen LogP contribution in [0.15, 0.2) is 0 Å². The molecule has 1 rings (SSSR count). The lowest BCUT2D eigenvalue weighted by molar-refractivity contribution is -0.118. The monoisotopic (exact) mass is 257 g/mol. The number of carbonyl (C=O) groups is 1. The maximum Gasteiger partial charge on any atom is 0.230 e. The zero-order valence-corrected chi connectivity index (χ0v) is 11.3. The summed E-state index contributed by atoms with van der Waals surface area (Å²) in [7, 11) is 0. The first-order valence-electron chi connectivity index (χ1n) is 5.87. The predicted molar refractivity (Wildman–Crippen MR) is 67.7 cm³/mol. The van der Waals surface area contributed by atoms with E-state index >= 15 is 0 Å². The Kier molecular flexibility index (Phi) is 5.96. The molecule has 0 aliphatic heterocycles. The van der Waals surface area contributed by atoms with E-state index in [1.165, 1.54) is 0 Å². The summed E-state index contributed by atoms with van der Waals surface area (Å²) in [5.74, 6) is 1.36. The molecule has 1 N–H and O–H groups in total. The molecule has 1 heterocycles. The van der Waals surface area contributed by atoms with Crippen molar-refractivity contribution in [2.75, 3.05) is 12.3 Å². The molecule has 0 spiro atoms. The molecule has 0 bridgehead atoms. The van der Waals surface area contributed by atoms with Crippen LogP contribution < -0.4 is 5.32 Å². The summed E-state index contributed by atoms with van der Waals surface area (Å²) in [4.78, 5) is 11.4. The second-order valence-corrected chi connectivity index (χ2v) is 4.71. The number of hydrogen-bond donors (Lipinski definition) is 1. The summed E-state index contributed by atoms with van der Waals surface area (Å²) in [5.41, 5.74) is 0. The molecule has 17 heavy (non-hydrogen) atoms. The third kappa shape index (κ3) is 3.99. The van der Waals surface area contributed by atoms with Crippen molar-refractivity contribution in [3.05, 3.63) is 5.82 Å². The minimum absolute atomic E-state index is 0.0615. The van der Waals surface area contributed by atoms with Crippen molar-refractivity contribution in [3.63, 3.8) is 0 Å². The quantitative estimate of drug-likeness (QED) is 0.789. The topological polar surface area (TPSA) is 72.7 Å². The number of nitrogens with one attached hydrogen (secondary N) is 1. The molecule has 1 atom stereocenters. The first-order valence-corrected chi connectivity index (χ1v) is 6.92. The number of aryl methyl sites for hydroxylation is 1. The highest BCUT2D eigenvalue weighted by Gasteiger charge is 2.18. The Labute approximate surface area is 106 Å².